The van der Waals surface area contributed by atoms with Crippen LogP contribution in [0.5, 0.6) is 0 Å². The lowest BCUT2D eigenvalue weighted by molar-refractivity contribution is 0.190. The van der Waals surface area contributed by atoms with Gasteiger partial charge in [0.1, 0.15) is 0 Å². The summed E-state index contributed by atoms with van der Waals surface area (Å²) >= 11 is 0. The third kappa shape index (κ3) is 4.87. The molecule has 4 heteroatoms. The van der Waals surface area contributed by atoms with Gasteiger partial charge in [-0.25, -0.2) is 4.79 Å². The molecule has 0 aliphatic heterocycles. The number of amides is 2. The van der Waals surface area contributed by atoms with Crippen LogP contribution < -0.4 is 10.6 Å². The Morgan fingerprint density at radius 1 is 1.24 bits per heavy atom. The standard InChI is InChI=1S/C13H20N2O2/c1-9(2)11-4-6-12(7-5-11)15-13(17)14-8-10(3)16/h4-7,9-10,16H,8H2,1-3H3,(H2,14,15,17). The topological polar surface area (TPSA) is 61.4 Å². The smallest absolute Gasteiger partial charge is 0.319 e. The predicted octanol–water partition coefficient (Wildman–Crippen LogP) is 2.31. The van der Waals surface area contributed by atoms with Crippen molar-refractivity contribution in [1.82, 2.24) is 5.32 Å². The summed E-state index contributed by atoms with van der Waals surface area (Å²) in [6, 6.07) is 7.43. The molecule has 0 saturated carbocycles. The molecular formula is C13H20N2O2. The highest BCUT2D eigenvalue weighted by Gasteiger charge is 2.03. The molecule has 1 unspecified atom stereocenters. The first kappa shape index (κ1) is 13.5. The van der Waals surface area contributed by atoms with E-state index in [9.17, 15) is 4.79 Å². The molecule has 0 aromatic heterocycles. The van der Waals surface area contributed by atoms with E-state index >= 15 is 0 Å². The Bertz CT molecular complexity index is 358. The number of benzene rings is 1. The Morgan fingerprint density at radius 2 is 1.82 bits per heavy atom. The van der Waals surface area contributed by atoms with E-state index in [-0.39, 0.29) is 12.6 Å². The number of carbonyl (C=O) groups is 1. The van der Waals surface area contributed by atoms with E-state index in [1.807, 2.05) is 24.3 Å². The second-order valence-corrected chi connectivity index (χ2v) is 4.46. The van der Waals surface area contributed by atoms with E-state index in [4.69, 9.17) is 5.11 Å². The fourth-order valence-electron chi connectivity index (χ4n) is 1.37. The minimum absolute atomic E-state index is 0.246. The molecule has 1 rings (SSSR count). The summed E-state index contributed by atoms with van der Waals surface area (Å²) in [4.78, 5) is 11.4. The van der Waals surface area contributed by atoms with Crippen molar-refractivity contribution < 1.29 is 9.90 Å². The average molecular weight is 236 g/mol. The average Bonchev–Trinajstić information content (AvgIpc) is 2.27. The van der Waals surface area contributed by atoms with Crippen LogP contribution in [0.25, 0.3) is 0 Å². The van der Waals surface area contributed by atoms with Crippen LogP contribution in [0, 0.1) is 0 Å². The summed E-state index contributed by atoms with van der Waals surface area (Å²) in [5, 5.41) is 14.3. The molecule has 1 atom stereocenters. The fourth-order valence-corrected chi connectivity index (χ4v) is 1.37. The largest absolute Gasteiger partial charge is 0.392 e. The third-order valence-corrected chi connectivity index (χ3v) is 2.39. The molecule has 2 amide bonds. The van der Waals surface area contributed by atoms with Crippen molar-refractivity contribution in [3.05, 3.63) is 29.8 Å². The monoisotopic (exact) mass is 236 g/mol. The van der Waals surface area contributed by atoms with Gasteiger partial charge in [-0.1, -0.05) is 26.0 Å². The lowest BCUT2D eigenvalue weighted by Crippen LogP contribution is -2.34. The summed E-state index contributed by atoms with van der Waals surface area (Å²) in [6.45, 7) is 6.11. The molecule has 3 N–H and O–H groups in total. The molecule has 1 aromatic rings. The molecule has 0 heterocycles. The number of urea groups is 1. The number of carbonyl (C=O) groups excluding carboxylic acids is 1. The zero-order chi connectivity index (χ0) is 12.8. The SMILES string of the molecule is CC(O)CNC(=O)Nc1ccc(C(C)C)cc1. The van der Waals surface area contributed by atoms with Crippen LogP contribution in [0.3, 0.4) is 0 Å². The van der Waals surface area contributed by atoms with E-state index in [0.717, 1.165) is 5.69 Å². The van der Waals surface area contributed by atoms with Gasteiger partial charge in [0, 0.05) is 12.2 Å². The first-order valence-corrected chi connectivity index (χ1v) is 5.82. The van der Waals surface area contributed by atoms with Gasteiger partial charge in [0.2, 0.25) is 0 Å². The van der Waals surface area contributed by atoms with Crippen molar-refractivity contribution in [3.63, 3.8) is 0 Å². The summed E-state index contributed by atoms with van der Waals surface area (Å²) < 4.78 is 0. The minimum Gasteiger partial charge on any atom is -0.392 e. The van der Waals surface area contributed by atoms with Gasteiger partial charge in [-0.3, -0.25) is 0 Å². The second kappa shape index (κ2) is 6.25. The molecule has 0 spiro atoms. The Balaban J connectivity index is 2.48. The second-order valence-electron chi connectivity index (χ2n) is 4.46. The summed E-state index contributed by atoms with van der Waals surface area (Å²) in [7, 11) is 0. The summed E-state index contributed by atoms with van der Waals surface area (Å²) in [5.41, 5.74) is 1.98. The molecule has 0 bridgehead atoms. The van der Waals surface area contributed by atoms with Crippen molar-refractivity contribution in [1.29, 1.82) is 0 Å². The molecule has 94 valence electrons. The van der Waals surface area contributed by atoms with Gasteiger partial charge >= 0.3 is 6.03 Å². The zero-order valence-electron chi connectivity index (χ0n) is 10.5. The first-order chi connectivity index (χ1) is 7.99. The van der Waals surface area contributed by atoms with E-state index in [1.54, 1.807) is 6.92 Å². The molecule has 0 aliphatic carbocycles. The van der Waals surface area contributed by atoms with Crippen LogP contribution in [0.1, 0.15) is 32.3 Å². The highest BCUT2D eigenvalue weighted by molar-refractivity contribution is 5.89. The summed E-state index contributed by atoms with van der Waals surface area (Å²) in [6.07, 6.45) is -0.538. The normalized spacial score (nSPS) is 12.3. The Hall–Kier alpha value is -1.55. The number of nitrogens with one attached hydrogen (secondary N) is 2. The molecule has 0 radical (unpaired) electrons. The zero-order valence-corrected chi connectivity index (χ0v) is 10.5. The van der Waals surface area contributed by atoms with Crippen molar-refractivity contribution in [2.45, 2.75) is 32.8 Å². The van der Waals surface area contributed by atoms with Crippen LogP contribution in [0.4, 0.5) is 10.5 Å². The maximum atomic E-state index is 11.4. The van der Waals surface area contributed by atoms with Crippen LogP contribution in [-0.4, -0.2) is 23.8 Å². The van der Waals surface area contributed by atoms with E-state index in [2.05, 4.69) is 24.5 Å². The van der Waals surface area contributed by atoms with Gasteiger partial charge in [0.05, 0.1) is 6.10 Å². The number of hydrogen-bond acceptors (Lipinski definition) is 2. The van der Waals surface area contributed by atoms with Crippen LogP contribution in [0.2, 0.25) is 0 Å². The first-order valence-electron chi connectivity index (χ1n) is 5.82. The maximum Gasteiger partial charge on any atom is 0.319 e. The predicted molar refractivity (Wildman–Crippen MR) is 69.2 cm³/mol. The van der Waals surface area contributed by atoms with Gasteiger partial charge in [-0.05, 0) is 30.5 Å². The molecule has 17 heavy (non-hydrogen) atoms. The molecular weight excluding hydrogens is 216 g/mol. The van der Waals surface area contributed by atoms with Crippen LogP contribution in [0.15, 0.2) is 24.3 Å². The van der Waals surface area contributed by atoms with E-state index in [0.29, 0.717) is 5.92 Å². The van der Waals surface area contributed by atoms with E-state index in [1.165, 1.54) is 5.56 Å². The van der Waals surface area contributed by atoms with Gasteiger partial charge in [0.15, 0.2) is 0 Å². The number of aliphatic hydroxyl groups is 1. The number of rotatable bonds is 4. The van der Waals surface area contributed by atoms with Gasteiger partial charge in [-0.15, -0.1) is 0 Å². The molecule has 1 aromatic carbocycles. The highest BCUT2D eigenvalue weighted by atomic mass is 16.3. The highest BCUT2D eigenvalue weighted by Crippen LogP contribution is 2.16. The molecule has 0 aliphatic rings. The molecule has 0 fully saturated rings. The number of hydrogen-bond donors (Lipinski definition) is 3. The van der Waals surface area contributed by atoms with Gasteiger partial charge < -0.3 is 15.7 Å². The lowest BCUT2D eigenvalue weighted by Gasteiger charge is -2.10. The summed E-state index contributed by atoms with van der Waals surface area (Å²) in [5.74, 6) is 0.480. The van der Waals surface area contributed by atoms with Crippen LogP contribution in [-0.2, 0) is 0 Å². The minimum atomic E-state index is -0.538. The van der Waals surface area contributed by atoms with Crippen molar-refractivity contribution in [3.8, 4) is 0 Å². The van der Waals surface area contributed by atoms with Crippen molar-refractivity contribution >= 4 is 11.7 Å². The van der Waals surface area contributed by atoms with Crippen LogP contribution >= 0.6 is 0 Å². The van der Waals surface area contributed by atoms with Crippen molar-refractivity contribution in [2.75, 3.05) is 11.9 Å². The quantitative estimate of drug-likeness (QED) is 0.751. The third-order valence-electron chi connectivity index (χ3n) is 2.39. The van der Waals surface area contributed by atoms with Gasteiger partial charge in [-0.2, -0.15) is 0 Å². The Morgan fingerprint density at radius 3 is 2.29 bits per heavy atom. The van der Waals surface area contributed by atoms with E-state index < -0.39 is 6.10 Å². The molecule has 4 nitrogen and oxygen atoms in total. The van der Waals surface area contributed by atoms with Crippen molar-refractivity contribution in [2.24, 2.45) is 0 Å². The Kier molecular flexibility index (Phi) is 4.97. The fraction of sp³-hybridized carbons (Fsp3) is 0.462. The number of anilines is 1. The van der Waals surface area contributed by atoms with Gasteiger partial charge in [0.25, 0.3) is 0 Å². The molecule has 0 saturated heterocycles. The number of aliphatic hydroxyl groups excluding tert-OH is 1. The lowest BCUT2D eigenvalue weighted by atomic mass is 10.0. The Labute approximate surface area is 102 Å². The maximum absolute atomic E-state index is 11.4.